The fraction of sp³-hybridized carbons (Fsp3) is 0.273. The first-order valence-electron chi connectivity index (χ1n) is 9.69. The van der Waals surface area contributed by atoms with Crippen LogP contribution in [0, 0.1) is 12.7 Å². The average molecular weight is 463 g/mol. The highest BCUT2D eigenvalue weighted by molar-refractivity contribution is 7.99. The Hall–Kier alpha value is -1.87. The first-order valence-corrected chi connectivity index (χ1v) is 13.0. The molecule has 0 saturated carbocycles. The first-order chi connectivity index (χ1) is 14.4. The topological polar surface area (TPSA) is 40.6 Å². The number of hydrogen-bond acceptors (Lipinski definition) is 5. The smallest absolute Gasteiger partial charge is 0.252 e. The van der Waals surface area contributed by atoms with Crippen molar-refractivity contribution in [3.8, 4) is 0 Å². The van der Waals surface area contributed by atoms with Gasteiger partial charge in [0.15, 0.2) is 0 Å². The number of nitrogens with zero attached hydrogens (tertiary/aromatic N) is 2. The molecule has 1 saturated heterocycles. The summed E-state index contributed by atoms with van der Waals surface area (Å²) in [5.41, 5.74) is 2.24. The number of benzene rings is 2. The van der Waals surface area contributed by atoms with Gasteiger partial charge in [-0.1, -0.05) is 35.9 Å². The van der Waals surface area contributed by atoms with E-state index in [0.29, 0.717) is 34.5 Å². The van der Waals surface area contributed by atoms with Crippen molar-refractivity contribution in [2.24, 2.45) is 0 Å². The zero-order valence-corrected chi connectivity index (χ0v) is 19.0. The Balaban J connectivity index is 1.58. The van der Waals surface area contributed by atoms with Gasteiger partial charge < -0.3 is 4.90 Å². The van der Waals surface area contributed by atoms with Crippen LogP contribution in [0.25, 0.3) is 0 Å². The van der Waals surface area contributed by atoms with E-state index in [1.807, 2.05) is 13.0 Å². The summed E-state index contributed by atoms with van der Waals surface area (Å²) in [6.45, 7) is 3.43. The lowest BCUT2D eigenvalue weighted by Crippen LogP contribution is -2.55. The molecule has 0 unspecified atom stereocenters. The van der Waals surface area contributed by atoms with Crippen molar-refractivity contribution < 1.29 is 12.8 Å². The van der Waals surface area contributed by atoms with Gasteiger partial charge >= 0.3 is 0 Å². The maximum absolute atomic E-state index is 14.1. The number of sulfonamides is 1. The van der Waals surface area contributed by atoms with Crippen molar-refractivity contribution in [1.82, 2.24) is 4.31 Å². The third-order valence-electron chi connectivity index (χ3n) is 5.17. The Morgan fingerprint density at radius 2 is 1.83 bits per heavy atom. The van der Waals surface area contributed by atoms with Crippen LogP contribution in [-0.2, 0) is 10.0 Å². The van der Waals surface area contributed by atoms with E-state index in [2.05, 4.69) is 29.2 Å². The quantitative estimate of drug-likeness (QED) is 0.490. The lowest BCUT2D eigenvalue weighted by Gasteiger charge is -2.42. The summed E-state index contributed by atoms with van der Waals surface area (Å²) >= 11 is 2.67. The van der Waals surface area contributed by atoms with Gasteiger partial charge in [-0.15, -0.1) is 23.1 Å². The van der Waals surface area contributed by atoms with E-state index in [1.165, 1.54) is 34.7 Å². The number of halogens is 1. The van der Waals surface area contributed by atoms with Gasteiger partial charge in [0.25, 0.3) is 10.0 Å². The molecule has 0 amide bonds. The summed E-state index contributed by atoms with van der Waals surface area (Å²) in [7, 11) is -3.51. The molecule has 30 heavy (non-hydrogen) atoms. The van der Waals surface area contributed by atoms with E-state index in [4.69, 9.17) is 0 Å². The lowest BCUT2D eigenvalue weighted by molar-refractivity contribution is 0.345. The zero-order chi connectivity index (χ0) is 21.1. The fourth-order valence-electron chi connectivity index (χ4n) is 3.55. The minimum absolute atomic E-state index is 0.0687. The van der Waals surface area contributed by atoms with Crippen molar-refractivity contribution in [3.05, 3.63) is 77.4 Å². The van der Waals surface area contributed by atoms with Gasteiger partial charge in [0.2, 0.25) is 0 Å². The molecule has 0 aliphatic carbocycles. The second-order valence-corrected chi connectivity index (χ2v) is 11.4. The lowest BCUT2D eigenvalue weighted by atomic mass is 10.1. The number of piperazine rings is 1. The average Bonchev–Trinajstić information content (AvgIpc) is 3.30. The third kappa shape index (κ3) is 4.56. The highest BCUT2D eigenvalue weighted by atomic mass is 32.2. The molecule has 2 heterocycles. The predicted molar refractivity (Wildman–Crippen MR) is 123 cm³/mol. The van der Waals surface area contributed by atoms with Crippen LogP contribution in [0.3, 0.4) is 0 Å². The number of thiophene rings is 1. The molecule has 1 atom stereocenters. The second kappa shape index (κ2) is 9.09. The van der Waals surface area contributed by atoms with Crippen LogP contribution in [0.4, 0.5) is 10.1 Å². The van der Waals surface area contributed by atoms with Crippen LogP contribution in [0.5, 0.6) is 0 Å². The summed E-state index contributed by atoms with van der Waals surface area (Å²) < 4.78 is 42.2. The molecule has 1 aliphatic heterocycles. The number of rotatable bonds is 6. The molecule has 0 bridgehead atoms. The molecular formula is C22H23FN2O2S3. The summed E-state index contributed by atoms with van der Waals surface area (Å²) in [6, 6.07) is 18.3. The molecule has 158 valence electrons. The minimum Gasteiger partial charge on any atom is -0.365 e. The summed E-state index contributed by atoms with van der Waals surface area (Å²) in [4.78, 5) is 2.83. The molecule has 8 heteroatoms. The van der Waals surface area contributed by atoms with E-state index in [9.17, 15) is 12.8 Å². The van der Waals surface area contributed by atoms with E-state index < -0.39 is 10.0 Å². The van der Waals surface area contributed by atoms with Crippen molar-refractivity contribution in [2.75, 3.05) is 30.3 Å². The van der Waals surface area contributed by atoms with Gasteiger partial charge in [0.05, 0.1) is 6.04 Å². The van der Waals surface area contributed by atoms with Crippen LogP contribution >= 0.6 is 23.1 Å². The molecule has 0 radical (unpaired) electrons. The zero-order valence-electron chi connectivity index (χ0n) is 16.6. The van der Waals surface area contributed by atoms with Crippen molar-refractivity contribution in [2.45, 2.75) is 22.1 Å². The van der Waals surface area contributed by atoms with Crippen LogP contribution < -0.4 is 4.90 Å². The molecule has 1 aliphatic rings. The Morgan fingerprint density at radius 1 is 1.07 bits per heavy atom. The Bertz CT molecular complexity index is 1090. The molecule has 4 nitrogen and oxygen atoms in total. The molecular weight excluding hydrogens is 439 g/mol. The SMILES string of the molecule is Cc1ccc(N2CCN(S(=O)(=O)c3cccs3)C[C@@H]2CSc2ccccc2F)cc1. The standard InChI is InChI=1S/C22H23FN2O2S3/c1-17-8-10-18(11-9-17)25-13-12-24(30(26,27)22-7-4-14-28-22)15-19(25)16-29-21-6-3-2-5-20(21)23/h2-11,14,19H,12-13,15-16H2,1H3/t19-/m1/s1. The maximum Gasteiger partial charge on any atom is 0.252 e. The van der Waals surface area contributed by atoms with Crippen LogP contribution in [0.2, 0.25) is 0 Å². The summed E-state index contributed by atoms with van der Waals surface area (Å²) in [6.07, 6.45) is 0. The van der Waals surface area contributed by atoms with Crippen molar-refractivity contribution in [3.63, 3.8) is 0 Å². The van der Waals surface area contributed by atoms with E-state index in [1.54, 1.807) is 34.0 Å². The normalized spacial score (nSPS) is 17.9. The highest BCUT2D eigenvalue weighted by Gasteiger charge is 2.35. The second-order valence-electron chi connectivity index (χ2n) is 7.22. The number of thioether (sulfide) groups is 1. The Morgan fingerprint density at radius 3 is 2.53 bits per heavy atom. The number of anilines is 1. The predicted octanol–water partition coefficient (Wildman–Crippen LogP) is 4.87. The maximum atomic E-state index is 14.1. The summed E-state index contributed by atoms with van der Waals surface area (Å²) in [5.74, 6) is 0.342. The van der Waals surface area contributed by atoms with Crippen LogP contribution in [-0.4, -0.2) is 44.2 Å². The third-order valence-corrected chi connectivity index (χ3v) is 9.60. The number of hydrogen-bond donors (Lipinski definition) is 0. The molecule has 4 rings (SSSR count). The largest absolute Gasteiger partial charge is 0.365 e. The first kappa shape index (κ1) is 21.4. The van der Waals surface area contributed by atoms with Gasteiger partial charge in [-0.05, 0) is 42.6 Å². The molecule has 2 aromatic carbocycles. The molecule has 0 spiro atoms. The molecule has 0 N–H and O–H groups in total. The molecule has 1 fully saturated rings. The minimum atomic E-state index is -3.51. The van der Waals surface area contributed by atoms with Crippen molar-refractivity contribution in [1.29, 1.82) is 0 Å². The molecule has 3 aromatic rings. The van der Waals surface area contributed by atoms with Crippen molar-refractivity contribution >= 4 is 38.8 Å². The van der Waals surface area contributed by atoms with E-state index in [0.717, 1.165) is 5.69 Å². The Labute approximate surface area is 185 Å². The highest BCUT2D eigenvalue weighted by Crippen LogP contribution is 2.30. The number of aryl methyl sites for hydroxylation is 1. The van der Waals surface area contributed by atoms with Gasteiger partial charge in [0.1, 0.15) is 10.0 Å². The van der Waals surface area contributed by atoms with Crippen LogP contribution in [0.15, 0.2) is 75.1 Å². The van der Waals surface area contributed by atoms with E-state index in [-0.39, 0.29) is 11.9 Å². The van der Waals surface area contributed by atoms with E-state index >= 15 is 0 Å². The Kier molecular flexibility index (Phi) is 6.48. The van der Waals surface area contributed by atoms with Gasteiger partial charge in [0, 0.05) is 36.0 Å². The summed E-state index contributed by atoms with van der Waals surface area (Å²) in [5, 5.41) is 1.78. The van der Waals surface area contributed by atoms with Gasteiger partial charge in [-0.3, -0.25) is 0 Å². The monoisotopic (exact) mass is 462 g/mol. The van der Waals surface area contributed by atoms with Gasteiger partial charge in [-0.2, -0.15) is 4.31 Å². The van der Waals surface area contributed by atoms with Crippen LogP contribution in [0.1, 0.15) is 5.56 Å². The van der Waals surface area contributed by atoms with Gasteiger partial charge in [-0.25, -0.2) is 12.8 Å². The molecule has 1 aromatic heterocycles. The fourth-order valence-corrected chi connectivity index (χ4v) is 7.20.